The van der Waals surface area contributed by atoms with E-state index in [4.69, 9.17) is 9.47 Å². The molecular formula is C22H30IN3O3. The number of methoxy groups -OCH3 is 1. The van der Waals surface area contributed by atoms with Crippen LogP contribution in [0.2, 0.25) is 0 Å². The highest BCUT2D eigenvalue weighted by Gasteiger charge is 2.12. The lowest BCUT2D eigenvalue weighted by molar-refractivity contribution is 0.357. The van der Waals surface area contributed by atoms with Crippen molar-refractivity contribution in [3.05, 3.63) is 53.1 Å². The minimum atomic E-state index is 0. The van der Waals surface area contributed by atoms with Crippen LogP contribution in [-0.2, 0) is 19.3 Å². The van der Waals surface area contributed by atoms with Gasteiger partial charge in [-0.25, -0.2) is 0 Å². The van der Waals surface area contributed by atoms with Crippen molar-refractivity contribution in [3.8, 4) is 17.2 Å². The maximum absolute atomic E-state index is 10.2. The highest BCUT2D eigenvalue weighted by atomic mass is 127. The summed E-state index contributed by atoms with van der Waals surface area (Å²) in [4.78, 5) is 4.62. The number of aromatic hydroxyl groups is 1. The number of para-hydroxylation sites is 1. The number of hydrogen-bond donors (Lipinski definition) is 3. The number of nitrogens with zero attached hydrogens (tertiary/aromatic N) is 1. The van der Waals surface area contributed by atoms with Gasteiger partial charge in [0.15, 0.2) is 17.5 Å². The number of guanidine groups is 1. The third-order valence-electron chi connectivity index (χ3n) is 4.76. The van der Waals surface area contributed by atoms with Crippen molar-refractivity contribution in [1.29, 1.82) is 0 Å². The molecule has 2 aromatic rings. The van der Waals surface area contributed by atoms with Crippen molar-refractivity contribution in [2.24, 2.45) is 4.99 Å². The molecule has 0 amide bonds. The van der Waals surface area contributed by atoms with Gasteiger partial charge >= 0.3 is 0 Å². The van der Waals surface area contributed by atoms with Gasteiger partial charge in [0.25, 0.3) is 0 Å². The van der Waals surface area contributed by atoms with Gasteiger partial charge in [-0.2, -0.15) is 0 Å². The van der Waals surface area contributed by atoms with Crippen LogP contribution in [0.4, 0.5) is 0 Å². The number of phenolic OH excluding ortho intramolecular Hbond substituents is 1. The van der Waals surface area contributed by atoms with Crippen molar-refractivity contribution in [1.82, 2.24) is 10.6 Å². The van der Waals surface area contributed by atoms with E-state index in [0.717, 1.165) is 49.8 Å². The molecule has 0 saturated heterocycles. The van der Waals surface area contributed by atoms with Gasteiger partial charge in [-0.05, 0) is 48.6 Å². The fraction of sp³-hybridized carbons (Fsp3) is 0.409. The molecule has 29 heavy (non-hydrogen) atoms. The first kappa shape index (κ1) is 23.1. The van der Waals surface area contributed by atoms with E-state index in [1.165, 1.54) is 11.1 Å². The smallest absolute Gasteiger partial charge is 0.191 e. The van der Waals surface area contributed by atoms with Gasteiger partial charge in [0.1, 0.15) is 5.75 Å². The van der Waals surface area contributed by atoms with Crippen LogP contribution in [-0.4, -0.2) is 44.4 Å². The SMILES string of the molecule is CCNC(=NCCc1cccc(OC)c1O)NCCc1ccc2c(c1)CCO2.I. The number of nitrogens with one attached hydrogen (secondary N) is 2. The topological polar surface area (TPSA) is 75.1 Å². The number of halogens is 1. The molecule has 0 aliphatic carbocycles. The summed E-state index contributed by atoms with van der Waals surface area (Å²) in [5.41, 5.74) is 3.43. The molecule has 0 spiro atoms. The standard InChI is InChI=1S/C22H29N3O3.HI/c1-3-23-22(25-13-10-17-5-4-6-20(27-2)21(17)26)24-12-9-16-7-8-19-18(15-16)11-14-28-19;/h4-8,15,26H,3,9-14H2,1-2H3,(H2,23,24,25);1H. The van der Waals surface area contributed by atoms with Crippen LogP contribution < -0.4 is 20.1 Å². The molecule has 2 aromatic carbocycles. The zero-order valence-electron chi connectivity index (χ0n) is 17.0. The Morgan fingerprint density at radius 2 is 2.07 bits per heavy atom. The second-order valence-electron chi connectivity index (χ2n) is 6.70. The molecule has 7 heteroatoms. The Kier molecular flexibility index (Phi) is 9.37. The highest BCUT2D eigenvalue weighted by Crippen LogP contribution is 2.29. The quantitative estimate of drug-likeness (QED) is 0.288. The summed E-state index contributed by atoms with van der Waals surface area (Å²) in [5.74, 6) is 2.49. The van der Waals surface area contributed by atoms with Gasteiger partial charge in [0.05, 0.1) is 13.7 Å². The highest BCUT2D eigenvalue weighted by molar-refractivity contribution is 14.0. The summed E-state index contributed by atoms with van der Waals surface area (Å²) in [6, 6.07) is 11.9. The summed E-state index contributed by atoms with van der Waals surface area (Å²) >= 11 is 0. The molecule has 3 N–H and O–H groups in total. The minimum Gasteiger partial charge on any atom is -0.504 e. The van der Waals surface area contributed by atoms with Crippen molar-refractivity contribution in [2.45, 2.75) is 26.2 Å². The van der Waals surface area contributed by atoms with Crippen molar-refractivity contribution < 1.29 is 14.6 Å². The Labute approximate surface area is 189 Å². The predicted molar refractivity (Wildman–Crippen MR) is 127 cm³/mol. The van der Waals surface area contributed by atoms with E-state index >= 15 is 0 Å². The first-order valence-electron chi connectivity index (χ1n) is 9.83. The monoisotopic (exact) mass is 511 g/mol. The summed E-state index contributed by atoms with van der Waals surface area (Å²) in [6.45, 7) is 5.01. The van der Waals surface area contributed by atoms with Gasteiger partial charge in [-0.3, -0.25) is 4.99 Å². The molecule has 1 aliphatic heterocycles. The molecule has 3 rings (SSSR count). The van der Waals surface area contributed by atoms with Gasteiger partial charge in [0.2, 0.25) is 0 Å². The Morgan fingerprint density at radius 3 is 2.86 bits per heavy atom. The van der Waals surface area contributed by atoms with Crippen LogP contribution in [0.25, 0.3) is 0 Å². The maximum atomic E-state index is 10.2. The van der Waals surface area contributed by atoms with Crippen LogP contribution in [0.5, 0.6) is 17.2 Å². The fourth-order valence-corrected chi connectivity index (χ4v) is 3.28. The first-order chi connectivity index (χ1) is 13.7. The minimum absolute atomic E-state index is 0. The summed E-state index contributed by atoms with van der Waals surface area (Å²) < 4.78 is 10.7. The van der Waals surface area contributed by atoms with Gasteiger partial charge in [0, 0.05) is 26.1 Å². The molecule has 0 aromatic heterocycles. The molecule has 1 aliphatic rings. The Hall–Kier alpha value is -2.16. The summed E-state index contributed by atoms with van der Waals surface area (Å²) in [5, 5.41) is 16.8. The lowest BCUT2D eigenvalue weighted by atomic mass is 10.1. The predicted octanol–water partition coefficient (Wildman–Crippen LogP) is 3.29. The maximum Gasteiger partial charge on any atom is 0.191 e. The molecule has 0 bridgehead atoms. The van der Waals surface area contributed by atoms with Gasteiger partial charge in [-0.15, -0.1) is 24.0 Å². The Bertz CT molecular complexity index is 827. The normalized spacial score (nSPS) is 12.6. The summed E-state index contributed by atoms with van der Waals surface area (Å²) in [6.07, 6.45) is 2.57. The average Bonchev–Trinajstić information content (AvgIpc) is 3.17. The fourth-order valence-electron chi connectivity index (χ4n) is 3.28. The Balaban J connectivity index is 0.00000300. The Morgan fingerprint density at radius 1 is 1.21 bits per heavy atom. The van der Waals surface area contributed by atoms with E-state index in [1.54, 1.807) is 13.2 Å². The zero-order valence-corrected chi connectivity index (χ0v) is 19.4. The number of phenols is 1. The molecule has 0 fully saturated rings. The number of rotatable bonds is 8. The van der Waals surface area contributed by atoms with Crippen LogP contribution in [0.3, 0.4) is 0 Å². The lowest BCUT2D eigenvalue weighted by Crippen LogP contribution is -2.38. The molecule has 0 unspecified atom stereocenters. The third-order valence-corrected chi connectivity index (χ3v) is 4.76. The molecule has 0 saturated carbocycles. The number of aliphatic imine (C=N–C) groups is 1. The molecule has 158 valence electrons. The number of fused-ring (bicyclic) bond motifs is 1. The van der Waals surface area contributed by atoms with Crippen LogP contribution in [0.15, 0.2) is 41.4 Å². The molecule has 1 heterocycles. The second kappa shape index (κ2) is 11.7. The van der Waals surface area contributed by atoms with Crippen LogP contribution in [0, 0.1) is 0 Å². The van der Waals surface area contributed by atoms with Crippen molar-refractivity contribution in [2.75, 3.05) is 33.4 Å². The molecule has 0 radical (unpaired) electrons. The van der Waals surface area contributed by atoms with Crippen molar-refractivity contribution in [3.63, 3.8) is 0 Å². The molecule has 6 nitrogen and oxygen atoms in total. The number of hydrogen-bond acceptors (Lipinski definition) is 4. The lowest BCUT2D eigenvalue weighted by Gasteiger charge is -2.12. The van der Waals surface area contributed by atoms with Gasteiger partial charge < -0.3 is 25.2 Å². The third kappa shape index (κ3) is 6.42. The second-order valence-corrected chi connectivity index (χ2v) is 6.70. The van der Waals surface area contributed by atoms with Gasteiger partial charge in [-0.1, -0.05) is 24.3 Å². The molecule has 0 atom stereocenters. The van der Waals surface area contributed by atoms with E-state index < -0.39 is 0 Å². The van der Waals surface area contributed by atoms with E-state index in [-0.39, 0.29) is 29.7 Å². The van der Waals surface area contributed by atoms with E-state index in [1.807, 2.05) is 19.1 Å². The first-order valence-corrected chi connectivity index (χ1v) is 9.83. The van der Waals surface area contributed by atoms with E-state index in [0.29, 0.717) is 18.7 Å². The van der Waals surface area contributed by atoms with E-state index in [2.05, 4.69) is 33.8 Å². The van der Waals surface area contributed by atoms with Crippen LogP contribution in [0.1, 0.15) is 23.6 Å². The summed E-state index contributed by atoms with van der Waals surface area (Å²) in [7, 11) is 1.55. The number of ether oxygens (including phenoxy) is 2. The number of benzene rings is 2. The average molecular weight is 511 g/mol. The molecular weight excluding hydrogens is 481 g/mol. The van der Waals surface area contributed by atoms with E-state index in [9.17, 15) is 5.11 Å². The largest absolute Gasteiger partial charge is 0.504 e. The van der Waals surface area contributed by atoms with Crippen molar-refractivity contribution >= 4 is 29.9 Å². The van der Waals surface area contributed by atoms with Crippen LogP contribution >= 0.6 is 24.0 Å². The zero-order chi connectivity index (χ0) is 19.8.